The van der Waals surface area contributed by atoms with Gasteiger partial charge in [0.1, 0.15) is 19.3 Å². The molecule has 0 saturated heterocycles. The second kappa shape index (κ2) is 35.6. The van der Waals surface area contributed by atoms with E-state index in [0.29, 0.717) is 32.5 Å². The van der Waals surface area contributed by atoms with Crippen molar-refractivity contribution in [1.82, 2.24) is 4.90 Å². The van der Waals surface area contributed by atoms with Crippen LogP contribution >= 0.6 is 0 Å². The lowest BCUT2D eigenvalue weighted by Crippen LogP contribution is -2.20. The lowest BCUT2D eigenvalue weighted by atomic mass is 10.0. The summed E-state index contributed by atoms with van der Waals surface area (Å²) >= 11 is 0. The Morgan fingerprint density at radius 3 is 1.44 bits per heavy atom. The zero-order chi connectivity index (χ0) is 35.3. The van der Waals surface area contributed by atoms with Crippen molar-refractivity contribution in [1.29, 1.82) is 0 Å². The number of hydrogen-bond donors (Lipinski definition) is 0. The summed E-state index contributed by atoms with van der Waals surface area (Å²) in [4.78, 5) is 38.7. The molecule has 0 bridgehead atoms. The molecule has 0 radical (unpaired) electrons. The third-order valence-electron chi connectivity index (χ3n) is 7.94. The van der Waals surface area contributed by atoms with E-state index in [1.807, 2.05) is 38.4 Å². The summed E-state index contributed by atoms with van der Waals surface area (Å²) < 4.78 is 16.5. The highest BCUT2D eigenvalue weighted by atomic mass is 16.5. The van der Waals surface area contributed by atoms with Crippen molar-refractivity contribution >= 4 is 17.9 Å². The van der Waals surface area contributed by atoms with Gasteiger partial charge in [-0.3, -0.25) is 14.4 Å². The lowest BCUT2D eigenvalue weighted by molar-refractivity contribution is -0.150. The number of carbonyl (C=O) groups excluding carboxylic acids is 3. The molecule has 0 aromatic heterocycles. The summed E-state index contributed by atoms with van der Waals surface area (Å²) in [5.41, 5.74) is 0. The summed E-state index contributed by atoms with van der Waals surface area (Å²) in [5, 5.41) is 0. The van der Waals surface area contributed by atoms with Gasteiger partial charge in [0, 0.05) is 19.3 Å². The molecule has 0 rings (SSSR count). The van der Waals surface area contributed by atoms with Gasteiger partial charge < -0.3 is 19.1 Å². The zero-order valence-corrected chi connectivity index (χ0v) is 31.3. The minimum absolute atomic E-state index is 0.132. The van der Waals surface area contributed by atoms with Crippen molar-refractivity contribution in [3.8, 4) is 0 Å². The van der Waals surface area contributed by atoms with Gasteiger partial charge in [0.2, 0.25) is 0 Å². The van der Waals surface area contributed by atoms with Gasteiger partial charge in [-0.2, -0.15) is 0 Å². The molecule has 0 heterocycles. The molecule has 48 heavy (non-hydrogen) atoms. The first-order chi connectivity index (χ1) is 23.4. The molecule has 0 aliphatic carbocycles. The van der Waals surface area contributed by atoms with Crippen LogP contribution in [0.3, 0.4) is 0 Å². The van der Waals surface area contributed by atoms with Crippen molar-refractivity contribution in [3.05, 3.63) is 48.6 Å². The number of carbonyl (C=O) groups is 3. The quantitative estimate of drug-likeness (QED) is 0.0297. The van der Waals surface area contributed by atoms with Crippen LogP contribution in [-0.4, -0.2) is 62.8 Å². The monoisotopic (exact) mass is 674 g/mol. The summed E-state index contributed by atoms with van der Waals surface area (Å²) in [6.07, 6.45) is 36.7. The highest BCUT2D eigenvalue weighted by Gasteiger charge is 2.15. The van der Waals surface area contributed by atoms with Crippen LogP contribution in [0.1, 0.15) is 155 Å². The molecule has 276 valence electrons. The number of esters is 3. The first-order valence-corrected chi connectivity index (χ1v) is 19.1. The van der Waals surface area contributed by atoms with Gasteiger partial charge in [0.15, 0.2) is 0 Å². The maximum Gasteiger partial charge on any atom is 0.306 e. The van der Waals surface area contributed by atoms with E-state index in [-0.39, 0.29) is 24.0 Å². The number of rotatable bonds is 33. The normalized spacial score (nSPS) is 12.0. The van der Waals surface area contributed by atoms with Gasteiger partial charge in [0.05, 0.1) is 0 Å². The number of unbranched alkanes of at least 4 members (excludes halogenated alkanes) is 10. The fourth-order valence-electron chi connectivity index (χ4n) is 5.05. The van der Waals surface area contributed by atoms with Crippen LogP contribution in [0.2, 0.25) is 0 Å². The lowest BCUT2D eigenvalue weighted by Gasteiger charge is -2.18. The Morgan fingerprint density at radius 1 is 0.521 bits per heavy atom. The molecule has 0 spiro atoms. The first kappa shape index (κ1) is 45.3. The highest BCUT2D eigenvalue weighted by molar-refractivity contribution is 5.70. The molecule has 0 aliphatic rings. The van der Waals surface area contributed by atoms with E-state index < -0.39 is 0 Å². The summed E-state index contributed by atoms with van der Waals surface area (Å²) in [6.45, 7) is 5.91. The SMILES string of the molecule is CCCCC/C=C\C/C=C\COC(=O)CCCCCC(CCCCCC(=O)OC/C=C\C/C=C\CCCCC)OC(=O)CCCN(C)C. The second-order valence-electron chi connectivity index (χ2n) is 12.9. The Bertz CT molecular complexity index is 833. The molecule has 7 heteroatoms. The van der Waals surface area contributed by atoms with E-state index in [1.54, 1.807) is 0 Å². The molecule has 0 unspecified atom stereocenters. The van der Waals surface area contributed by atoms with Crippen LogP contribution < -0.4 is 0 Å². The largest absolute Gasteiger partial charge is 0.462 e. The Kier molecular flexibility index (Phi) is 33.7. The minimum atomic E-state index is -0.168. The Balaban J connectivity index is 4.24. The fourth-order valence-corrected chi connectivity index (χ4v) is 5.05. The highest BCUT2D eigenvalue weighted by Crippen LogP contribution is 2.17. The maximum absolute atomic E-state index is 12.5. The van der Waals surface area contributed by atoms with Crippen LogP contribution in [0, 0.1) is 0 Å². The number of hydrogen-bond acceptors (Lipinski definition) is 7. The zero-order valence-electron chi connectivity index (χ0n) is 31.3. The second-order valence-corrected chi connectivity index (χ2v) is 12.9. The van der Waals surface area contributed by atoms with Crippen molar-refractivity contribution in [2.45, 2.75) is 161 Å². The molecular formula is C41H71NO6. The summed E-state index contributed by atoms with van der Waals surface area (Å²) in [5.74, 6) is -0.480. The van der Waals surface area contributed by atoms with Gasteiger partial charge in [-0.1, -0.05) is 101 Å². The van der Waals surface area contributed by atoms with E-state index in [4.69, 9.17) is 14.2 Å². The molecule has 0 saturated carbocycles. The van der Waals surface area contributed by atoms with Crippen LogP contribution in [-0.2, 0) is 28.6 Å². The number of nitrogens with zero attached hydrogens (tertiary/aromatic N) is 1. The molecule has 0 aromatic carbocycles. The number of ether oxygens (including phenoxy) is 3. The smallest absolute Gasteiger partial charge is 0.306 e. The minimum Gasteiger partial charge on any atom is -0.462 e. The van der Waals surface area contributed by atoms with Gasteiger partial charge in [0.25, 0.3) is 0 Å². The molecule has 0 atom stereocenters. The van der Waals surface area contributed by atoms with Crippen LogP contribution in [0.15, 0.2) is 48.6 Å². The van der Waals surface area contributed by atoms with Crippen molar-refractivity contribution < 1.29 is 28.6 Å². The van der Waals surface area contributed by atoms with Gasteiger partial charge in [-0.25, -0.2) is 0 Å². The van der Waals surface area contributed by atoms with Gasteiger partial charge in [-0.05, 0) is 104 Å². The average molecular weight is 674 g/mol. The van der Waals surface area contributed by atoms with E-state index >= 15 is 0 Å². The number of allylic oxidation sites excluding steroid dienone is 6. The summed E-state index contributed by atoms with van der Waals surface area (Å²) in [7, 11) is 3.99. The summed E-state index contributed by atoms with van der Waals surface area (Å²) in [6, 6.07) is 0. The predicted molar refractivity (Wildman–Crippen MR) is 200 cm³/mol. The Labute approximate surface area is 294 Å². The fraction of sp³-hybridized carbons (Fsp3) is 0.732. The third kappa shape index (κ3) is 34.7. The van der Waals surface area contributed by atoms with Crippen molar-refractivity contribution in [2.24, 2.45) is 0 Å². The molecular weight excluding hydrogens is 602 g/mol. The first-order valence-electron chi connectivity index (χ1n) is 19.1. The van der Waals surface area contributed by atoms with Gasteiger partial charge in [-0.15, -0.1) is 0 Å². The van der Waals surface area contributed by atoms with Crippen molar-refractivity contribution in [3.63, 3.8) is 0 Å². The third-order valence-corrected chi connectivity index (χ3v) is 7.94. The molecule has 0 N–H and O–H groups in total. The maximum atomic E-state index is 12.5. The van der Waals surface area contributed by atoms with Crippen LogP contribution in [0.5, 0.6) is 0 Å². The topological polar surface area (TPSA) is 82.1 Å². The Morgan fingerprint density at radius 2 is 0.979 bits per heavy atom. The predicted octanol–water partition coefficient (Wildman–Crippen LogP) is 10.4. The van der Waals surface area contributed by atoms with E-state index in [9.17, 15) is 14.4 Å². The molecule has 7 nitrogen and oxygen atoms in total. The Hall–Kier alpha value is -2.67. The molecule has 0 aliphatic heterocycles. The van der Waals surface area contributed by atoms with Crippen LogP contribution in [0.25, 0.3) is 0 Å². The van der Waals surface area contributed by atoms with E-state index in [2.05, 4.69) is 43.1 Å². The van der Waals surface area contributed by atoms with Crippen LogP contribution in [0.4, 0.5) is 0 Å². The molecule has 0 fully saturated rings. The van der Waals surface area contributed by atoms with E-state index in [0.717, 1.165) is 90.0 Å². The van der Waals surface area contributed by atoms with Crippen molar-refractivity contribution in [2.75, 3.05) is 33.9 Å². The molecule has 0 amide bonds. The average Bonchev–Trinajstić information content (AvgIpc) is 3.05. The van der Waals surface area contributed by atoms with Gasteiger partial charge >= 0.3 is 17.9 Å². The molecule has 0 aromatic rings. The standard InChI is InChI=1S/C41H71NO6/c1-5-7-9-11-13-15-17-19-27-36-46-39(43)32-25-21-23-30-38(48-41(45)34-29-35-42(3)4)31-24-22-26-33-40(44)47-37-28-20-18-16-14-12-10-8-6-2/h13-16,19-20,27-28,38H,5-12,17-18,21-26,29-37H2,1-4H3/b15-13-,16-14-,27-19-,28-20-. The van der Waals surface area contributed by atoms with E-state index in [1.165, 1.54) is 38.5 Å².